The molecule has 2 N–H and O–H groups in total. The van der Waals surface area contributed by atoms with Crippen molar-refractivity contribution in [2.75, 3.05) is 45.0 Å². The Hall–Kier alpha value is -1.50. The lowest BCUT2D eigenvalue weighted by Crippen LogP contribution is -2.55. The summed E-state index contributed by atoms with van der Waals surface area (Å²) in [4.78, 5) is 31.1. The van der Waals surface area contributed by atoms with Crippen LogP contribution in [0.4, 0.5) is 5.69 Å². The van der Waals surface area contributed by atoms with E-state index in [1.165, 1.54) is 0 Å². The first kappa shape index (κ1) is 22.5. The summed E-state index contributed by atoms with van der Waals surface area (Å²) in [5.74, 6) is 0.239. The molecule has 2 aliphatic rings. The van der Waals surface area contributed by atoms with Crippen LogP contribution >= 0.6 is 24.8 Å². The quantitative estimate of drug-likeness (QED) is 0.783. The van der Waals surface area contributed by atoms with Gasteiger partial charge < -0.3 is 15.5 Å². The Bertz CT molecular complexity index is 615. The van der Waals surface area contributed by atoms with E-state index in [2.05, 4.69) is 4.90 Å². The van der Waals surface area contributed by atoms with E-state index in [0.717, 1.165) is 39.0 Å². The van der Waals surface area contributed by atoms with E-state index < -0.39 is 0 Å². The second-order valence-corrected chi connectivity index (χ2v) is 6.66. The molecule has 0 saturated carbocycles. The Labute approximate surface area is 167 Å². The Morgan fingerprint density at radius 3 is 2.15 bits per heavy atom. The zero-order valence-corrected chi connectivity index (χ0v) is 16.7. The second kappa shape index (κ2) is 10.00. The van der Waals surface area contributed by atoms with Crippen LogP contribution in [0, 0.1) is 0 Å². The van der Waals surface area contributed by atoms with E-state index in [9.17, 15) is 9.59 Å². The molecule has 3 rings (SSSR count). The fraction of sp³-hybridized carbons (Fsp3) is 0.556. The number of nitrogens with two attached hydrogens (primary N) is 1. The predicted octanol–water partition coefficient (Wildman–Crippen LogP) is 1.88. The van der Waals surface area contributed by atoms with E-state index >= 15 is 0 Å². The van der Waals surface area contributed by atoms with Crippen LogP contribution in [0.5, 0.6) is 0 Å². The number of rotatable bonds is 3. The highest BCUT2D eigenvalue weighted by Gasteiger charge is 2.31. The normalized spacial score (nSPS) is 18.7. The average molecular weight is 403 g/mol. The summed E-state index contributed by atoms with van der Waals surface area (Å²) in [6.07, 6.45) is 2.22. The summed E-state index contributed by atoms with van der Waals surface area (Å²) in [6.45, 7) is 6.50. The van der Waals surface area contributed by atoms with Gasteiger partial charge in [0.05, 0.1) is 6.04 Å². The highest BCUT2D eigenvalue weighted by molar-refractivity contribution is 5.95. The molecule has 2 amide bonds. The van der Waals surface area contributed by atoms with Crippen LogP contribution in [0.15, 0.2) is 24.3 Å². The molecule has 8 heteroatoms. The van der Waals surface area contributed by atoms with Crippen LogP contribution < -0.4 is 5.73 Å². The molecule has 1 atom stereocenters. The van der Waals surface area contributed by atoms with Gasteiger partial charge in [0, 0.05) is 50.5 Å². The maximum atomic E-state index is 12.5. The van der Waals surface area contributed by atoms with Gasteiger partial charge in [0.2, 0.25) is 5.91 Å². The summed E-state index contributed by atoms with van der Waals surface area (Å²) in [6, 6.07) is 6.99. The number of benzene rings is 1. The molecule has 26 heavy (non-hydrogen) atoms. The molecule has 0 bridgehead atoms. The zero-order chi connectivity index (χ0) is 17.1. The van der Waals surface area contributed by atoms with Crippen molar-refractivity contribution >= 4 is 42.3 Å². The highest BCUT2D eigenvalue weighted by Crippen LogP contribution is 2.16. The molecule has 0 aromatic heterocycles. The number of piperazine rings is 1. The number of likely N-dealkylation sites (tertiary alicyclic amines) is 1. The standard InChI is InChI=1S/C18H26N4O2.2ClH/c1-14(17(23)21-7-2-3-8-21)20-9-11-22(12-10-20)18(24)15-5-4-6-16(19)13-15;;/h4-6,13-14H,2-3,7-12,19H2,1H3;2*1H. The molecule has 2 heterocycles. The van der Waals surface area contributed by atoms with Crippen LogP contribution in [0.25, 0.3) is 0 Å². The Morgan fingerprint density at radius 1 is 0.962 bits per heavy atom. The smallest absolute Gasteiger partial charge is 0.254 e. The Morgan fingerprint density at radius 2 is 1.58 bits per heavy atom. The number of carbonyl (C=O) groups excluding carboxylic acids is 2. The summed E-state index contributed by atoms with van der Waals surface area (Å²) in [5, 5.41) is 0. The van der Waals surface area contributed by atoms with Crippen molar-refractivity contribution < 1.29 is 9.59 Å². The minimum atomic E-state index is -0.104. The molecule has 1 aromatic carbocycles. The lowest BCUT2D eigenvalue weighted by Gasteiger charge is -2.38. The third-order valence-corrected chi connectivity index (χ3v) is 5.06. The van der Waals surface area contributed by atoms with Gasteiger partial charge in [-0.3, -0.25) is 14.5 Å². The summed E-state index contributed by atoms with van der Waals surface area (Å²) in [7, 11) is 0. The molecule has 0 radical (unpaired) electrons. The van der Waals surface area contributed by atoms with Crippen molar-refractivity contribution in [3.63, 3.8) is 0 Å². The van der Waals surface area contributed by atoms with Crippen LogP contribution in [0.1, 0.15) is 30.1 Å². The number of hydrogen-bond acceptors (Lipinski definition) is 4. The van der Waals surface area contributed by atoms with E-state index in [0.29, 0.717) is 24.3 Å². The molecular formula is C18H28Cl2N4O2. The van der Waals surface area contributed by atoms with E-state index in [1.54, 1.807) is 24.3 Å². The first-order valence-corrected chi connectivity index (χ1v) is 8.74. The average Bonchev–Trinajstić information content (AvgIpc) is 3.14. The van der Waals surface area contributed by atoms with Crippen LogP contribution in [-0.4, -0.2) is 71.8 Å². The van der Waals surface area contributed by atoms with Crippen molar-refractivity contribution in [1.29, 1.82) is 0 Å². The molecule has 0 aliphatic carbocycles. The van der Waals surface area contributed by atoms with E-state index in [-0.39, 0.29) is 42.7 Å². The molecule has 2 aliphatic heterocycles. The second-order valence-electron chi connectivity index (χ2n) is 6.66. The minimum absolute atomic E-state index is 0. The third-order valence-electron chi connectivity index (χ3n) is 5.06. The fourth-order valence-electron chi connectivity index (χ4n) is 3.52. The molecule has 6 nitrogen and oxygen atoms in total. The minimum Gasteiger partial charge on any atom is -0.399 e. The number of nitrogens with zero attached hydrogens (tertiary/aromatic N) is 3. The number of hydrogen-bond donors (Lipinski definition) is 1. The lowest BCUT2D eigenvalue weighted by molar-refractivity contribution is -0.135. The fourth-order valence-corrected chi connectivity index (χ4v) is 3.52. The van der Waals surface area contributed by atoms with Crippen molar-refractivity contribution in [3.05, 3.63) is 29.8 Å². The van der Waals surface area contributed by atoms with Gasteiger partial charge in [-0.25, -0.2) is 0 Å². The molecule has 0 spiro atoms. The summed E-state index contributed by atoms with van der Waals surface area (Å²) in [5.41, 5.74) is 6.99. The van der Waals surface area contributed by atoms with Crippen molar-refractivity contribution in [3.8, 4) is 0 Å². The molecule has 1 unspecified atom stereocenters. The van der Waals surface area contributed by atoms with Gasteiger partial charge in [0.1, 0.15) is 0 Å². The summed E-state index contributed by atoms with van der Waals surface area (Å²) < 4.78 is 0. The highest BCUT2D eigenvalue weighted by atomic mass is 35.5. The summed E-state index contributed by atoms with van der Waals surface area (Å²) >= 11 is 0. The number of nitrogen functional groups attached to an aromatic ring is 1. The van der Waals surface area contributed by atoms with Crippen LogP contribution in [0.3, 0.4) is 0 Å². The van der Waals surface area contributed by atoms with Crippen molar-refractivity contribution in [2.45, 2.75) is 25.8 Å². The van der Waals surface area contributed by atoms with Gasteiger partial charge in [-0.2, -0.15) is 0 Å². The molecule has 2 fully saturated rings. The maximum Gasteiger partial charge on any atom is 0.254 e. The molecule has 1 aromatic rings. The molecule has 146 valence electrons. The SMILES string of the molecule is CC(C(=O)N1CCCC1)N1CCN(C(=O)c2cccc(N)c2)CC1.Cl.Cl. The first-order valence-electron chi connectivity index (χ1n) is 8.74. The van der Waals surface area contributed by atoms with Crippen molar-refractivity contribution in [2.24, 2.45) is 0 Å². The zero-order valence-electron chi connectivity index (χ0n) is 15.1. The Balaban J connectivity index is 0.00000169. The first-order chi connectivity index (χ1) is 11.6. The Kier molecular flexibility index (Phi) is 8.67. The lowest BCUT2D eigenvalue weighted by atomic mass is 10.1. The number of anilines is 1. The number of halogens is 2. The van der Waals surface area contributed by atoms with Gasteiger partial charge in [0.25, 0.3) is 5.91 Å². The van der Waals surface area contributed by atoms with E-state index in [4.69, 9.17) is 5.73 Å². The number of amides is 2. The molecular weight excluding hydrogens is 375 g/mol. The largest absolute Gasteiger partial charge is 0.399 e. The van der Waals surface area contributed by atoms with Crippen LogP contribution in [-0.2, 0) is 4.79 Å². The maximum absolute atomic E-state index is 12.5. The van der Waals surface area contributed by atoms with Gasteiger partial charge >= 0.3 is 0 Å². The number of carbonyl (C=O) groups is 2. The third kappa shape index (κ3) is 5.02. The topological polar surface area (TPSA) is 69.9 Å². The van der Waals surface area contributed by atoms with Crippen molar-refractivity contribution in [1.82, 2.24) is 14.7 Å². The molecule has 2 saturated heterocycles. The van der Waals surface area contributed by atoms with E-state index in [1.807, 2.05) is 16.7 Å². The van der Waals surface area contributed by atoms with Gasteiger partial charge in [-0.1, -0.05) is 6.07 Å². The van der Waals surface area contributed by atoms with Gasteiger partial charge in [0.15, 0.2) is 0 Å². The van der Waals surface area contributed by atoms with Gasteiger partial charge in [-0.05, 0) is 38.0 Å². The predicted molar refractivity (Wildman–Crippen MR) is 108 cm³/mol. The monoisotopic (exact) mass is 402 g/mol. The van der Waals surface area contributed by atoms with Gasteiger partial charge in [-0.15, -0.1) is 24.8 Å². The van der Waals surface area contributed by atoms with Crippen LogP contribution in [0.2, 0.25) is 0 Å².